The molecule has 0 aliphatic rings. The highest BCUT2D eigenvalue weighted by atomic mass is 31.2. The quantitative estimate of drug-likeness (QED) is 0.0322. The third kappa shape index (κ3) is 16.9. The van der Waals surface area contributed by atoms with E-state index in [-0.39, 0.29) is 45.1 Å². The molecule has 0 radical (unpaired) electrons. The van der Waals surface area contributed by atoms with Gasteiger partial charge in [-0.1, -0.05) is 112 Å². The maximum Gasteiger partial charge on any atom is 0.475 e. The monoisotopic (exact) mass is 801 g/mol. The first kappa shape index (κ1) is 44.7. The van der Waals surface area contributed by atoms with Crippen molar-refractivity contribution in [3.63, 3.8) is 0 Å². The van der Waals surface area contributed by atoms with Crippen molar-refractivity contribution in [3.8, 4) is 0 Å². The van der Waals surface area contributed by atoms with Crippen LogP contribution in [0.2, 0.25) is 0 Å². The number of carbonyl (C=O) groups excluding carboxylic acids is 3. The van der Waals surface area contributed by atoms with Crippen LogP contribution in [-0.2, 0) is 56.8 Å². The molecule has 0 unspecified atom stereocenters. The highest BCUT2D eigenvalue weighted by Crippen LogP contribution is 2.51. The minimum atomic E-state index is -3.97. The van der Waals surface area contributed by atoms with Gasteiger partial charge in [-0.25, -0.2) is 9.36 Å². The van der Waals surface area contributed by atoms with Crippen molar-refractivity contribution in [1.82, 2.24) is 0 Å². The van der Waals surface area contributed by atoms with Crippen molar-refractivity contribution >= 4 is 42.9 Å². The van der Waals surface area contributed by atoms with Gasteiger partial charge >= 0.3 is 25.8 Å². The van der Waals surface area contributed by atoms with Crippen LogP contribution in [0.4, 0.5) is 21.9 Å². The fourth-order valence-electron chi connectivity index (χ4n) is 5.70. The molecular weight excluding hydrogens is 745 g/mol. The van der Waals surface area contributed by atoms with E-state index in [1.165, 1.54) is 0 Å². The van der Waals surface area contributed by atoms with Crippen molar-refractivity contribution in [2.45, 2.75) is 73.5 Å². The number of phosphoric acid groups is 1. The number of hydrogen-bond acceptors (Lipinski definition) is 10. The Morgan fingerprint density at radius 2 is 1.23 bits per heavy atom. The van der Waals surface area contributed by atoms with Gasteiger partial charge in [0.1, 0.15) is 0 Å². The van der Waals surface area contributed by atoms with E-state index in [1.54, 1.807) is 0 Å². The molecule has 0 aliphatic heterocycles. The number of phosphoric ester groups is 1. The fraction of sp³-hybridized carbons (Fsp3) is 0.386. The van der Waals surface area contributed by atoms with Gasteiger partial charge in [0.15, 0.2) is 0 Å². The summed E-state index contributed by atoms with van der Waals surface area (Å²) in [6.07, 6.45) is 0.467. The number of rotatable bonds is 23. The molecule has 0 aliphatic carbocycles. The number of anilines is 3. The lowest BCUT2D eigenvalue weighted by atomic mass is 10.1. The number of benzene rings is 4. The topological polar surface area (TPSA) is 142 Å². The van der Waals surface area contributed by atoms with Crippen LogP contribution in [0.3, 0.4) is 0 Å². The summed E-state index contributed by atoms with van der Waals surface area (Å²) in [5.41, 5.74) is 5.71. The van der Waals surface area contributed by atoms with Gasteiger partial charge < -0.3 is 25.0 Å². The second-order valence-corrected chi connectivity index (χ2v) is 16.2. The molecule has 0 atom stereocenters. The molecule has 0 bridgehead atoms. The molecule has 0 saturated heterocycles. The summed E-state index contributed by atoms with van der Waals surface area (Å²) in [5.74, 6) is -0.375. The predicted octanol–water partition coefficient (Wildman–Crippen LogP) is 10.1. The van der Waals surface area contributed by atoms with Gasteiger partial charge in [0.25, 0.3) is 0 Å². The molecule has 0 saturated carbocycles. The van der Waals surface area contributed by atoms with Crippen molar-refractivity contribution in [2.24, 2.45) is 11.8 Å². The van der Waals surface area contributed by atoms with E-state index in [0.29, 0.717) is 29.6 Å². The average molecular weight is 802 g/mol. The molecule has 13 heteroatoms. The second kappa shape index (κ2) is 23.3. The molecule has 2 amide bonds. The van der Waals surface area contributed by atoms with E-state index < -0.39 is 26.6 Å². The number of urea groups is 1. The highest BCUT2D eigenvalue weighted by Gasteiger charge is 2.27. The third-order valence-corrected chi connectivity index (χ3v) is 9.82. The molecule has 306 valence electrons. The summed E-state index contributed by atoms with van der Waals surface area (Å²) in [4.78, 5) is 40.4. The number of hydrogen-bond donors (Lipinski definition) is 2. The van der Waals surface area contributed by atoms with Gasteiger partial charge in [-0.3, -0.25) is 23.2 Å². The first-order chi connectivity index (χ1) is 27.4. The van der Waals surface area contributed by atoms with Crippen LogP contribution in [0.15, 0.2) is 103 Å². The smallest absolute Gasteiger partial charge is 0.428 e. The fourth-order valence-corrected chi connectivity index (χ4v) is 6.89. The van der Waals surface area contributed by atoms with Crippen molar-refractivity contribution < 1.29 is 42.0 Å². The Balaban J connectivity index is 1.25. The predicted molar refractivity (Wildman–Crippen MR) is 223 cm³/mol. The Bertz CT molecular complexity index is 1830. The molecule has 0 aromatic heterocycles. The Morgan fingerprint density at radius 1 is 0.667 bits per heavy atom. The van der Waals surface area contributed by atoms with Gasteiger partial charge in [0.2, 0.25) is 6.79 Å². The van der Waals surface area contributed by atoms with Gasteiger partial charge in [0, 0.05) is 31.6 Å². The first-order valence-corrected chi connectivity index (χ1v) is 20.8. The van der Waals surface area contributed by atoms with E-state index in [4.69, 9.17) is 23.0 Å². The SMILES string of the molecule is Cc1ccc(NC(=O)Nc2cc(CCC(=O)OCOC(=O)CCCOP(=O)(OCc3ccccc3)OCc3ccccc3)ccc2N(CC(C)C)CC(C)C)cc1. The van der Waals surface area contributed by atoms with E-state index in [9.17, 15) is 18.9 Å². The van der Waals surface area contributed by atoms with Crippen LogP contribution in [0, 0.1) is 18.8 Å². The summed E-state index contributed by atoms with van der Waals surface area (Å²) in [6.45, 7) is 11.6. The van der Waals surface area contributed by atoms with Crippen LogP contribution in [0.1, 0.15) is 69.2 Å². The summed E-state index contributed by atoms with van der Waals surface area (Å²) in [5, 5.41) is 5.92. The molecule has 4 rings (SSSR count). The van der Waals surface area contributed by atoms with E-state index in [1.807, 2.05) is 110 Å². The lowest BCUT2D eigenvalue weighted by molar-refractivity contribution is -0.167. The van der Waals surface area contributed by atoms with Gasteiger partial charge in [-0.2, -0.15) is 0 Å². The number of amides is 2. The molecule has 4 aromatic carbocycles. The lowest BCUT2D eigenvalue weighted by Crippen LogP contribution is -2.32. The summed E-state index contributed by atoms with van der Waals surface area (Å²) in [6, 6.07) is 31.4. The van der Waals surface area contributed by atoms with Gasteiger partial charge in [-0.15, -0.1) is 0 Å². The Hall–Kier alpha value is -5.00. The van der Waals surface area contributed by atoms with E-state index in [2.05, 4.69) is 43.2 Å². The van der Waals surface area contributed by atoms with E-state index >= 15 is 0 Å². The maximum atomic E-state index is 13.4. The number of esters is 2. The van der Waals surface area contributed by atoms with E-state index in [0.717, 1.165) is 41.0 Å². The molecular formula is C44H56N3O9P. The normalized spacial score (nSPS) is 11.4. The van der Waals surface area contributed by atoms with Crippen LogP contribution >= 0.6 is 7.82 Å². The molecule has 0 fully saturated rings. The molecule has 2 N–H and O–H groups in total. The minimum Gasteiger partial charge on any atom is -0.428 e. The Kier molecular flexibility index (Phi) is 18.3. The van der Waals surface area contributed by atoms with Gasteiger partial charge in [0.05, 0.1) is 31.2 Å². The zero-order valence-electron chi connectivity index (χ0n) is 33.6. The number of ether oxygens (including phenoxy) is 2. The van der Waals surface area contributed by atoms with Crippen LogP contribution < -0.4 is 15.5 Å². The zero-order valence-corrected chi connectivity index (χ0v) is 34.5. The highest BCUT2D eigenvalue weighted by molar-refractivity contribution is 7.48. The average Bonchev–Trinajstić information content (AvgIpc) is 3.18. The van der Waals surface area contributed by atoms with Crippen LogP contribution in [-0.4, -0.2) is 44.5 Å². The zero-order chi connectivity index (χ0) is 41.0. The molecule has 0 spiro atoms. The summed E-state index contributed by atoms with van der Waals surface area (Å²) in [7, 11) is -3.97. The largest absolute Gasteiger partial charge is 0.475 e. The first-order valence-electron chi connectivity index (χ1n) is 19.3. The molecule has 4 aromatic rings. The van der Waals surface area contributed by atoms with Crippen LogP contribution in [0.25, 0.3) is 0 Å². The summed E-state index contributed by atoms with van der Waals surface area (Å²) < 4.78 is 40.4. The van der Waals surface area contributed by atoms with Crippen molar-refractivity contribution in [3.05, 3.63) is 125 Å². The number of nitrogens with zero attached hydrogens (tertiary/aromatic N) is 1. The van der Waals surface area contributed by atoms with Crippen molar-refractivity contribution in [2.75, 3.05) is 42.0 Å². The standard InChI is InChI=1S/C44H56N3O9P/c1-33(2)28-47(29-34(3)4)41-24-20-36(27-40(41)46-44(50)45-39-22-18-35(5)19-23-39)21-25-43(49)53-32-52-42(48)17-12-26-54-57(51,55-30-37-13-8-6-9-14-37)56-31-38-15-10-7-11-16-38/h6-11,13-16,18-20,22-24,27,33-34H,12,17,21,25-26,28-32H2,1-5H3,(H2,45,46,50). The minimum absolute atomic E-state index is 0.0184. The number of aryl methyl sites for hydroxylation is 2. The van der Waals surface area contributed by atoms with Crippen LogP contribution in [0.5, 0.6) is 0 Å². The number of nitrogens with one attached hydrogen (secondary N) is 2. The Morgan fingerprint density at radius 3 is 1.79 bits per heavy atom. The number of carbonyl (C=O) groups is 3. The second-order valence-electron chi connectivity index (χ2n) is 14.5. The third-order valence-electron chi connectivity index (χ3n) is 8.43. The molecule has 12 nitrogen and oxygen atoms in total. The van der Waals surface area contributed by atoms with Crippen molar-refractivity contribution in [1.29, 1.82) is 0 Å². The Labute approximate surface area is 336 Å². The maximum absolute atomic E-state index is 13.4. The van der Waals surface area contributed by atoms with Gasteiger partial charge in [-0.05, 0) is 72.6 Å². The summed E-state index contributed by atoms with van der Waals surface area (Å²) >= 11 is 0. The lowest BCUT2D eigenvalue weighted by Gasteiger charge is -2.30. The molecule has 0 heterocycles. The molecule has 57 heavy (non-hydrogen) atoms.